The Balaban J connectivity index is 1.47. The number of oxazole rings is 1. The van der Waals surface area contributed by atoms with Crippen molar-refractivity contribution in [2.45, 2.75) is 26.4 Å². The van der Waals surface area contributed by atoms with E-state index in [4.69, 9.17) is 4.42 Å². The van der Waals surface area contributed by atoms with Crippen molar-refractivity contribution in [3.63, 3.8) is 0 Å². The summed E-state index contributed by atoms with van der Waals surface area (Å²) in [5.74, 6) is 0.532. The predicted octanol–water partition coefficient (Wildman–Crippen LogP) is 1.87. The molecule has 1 aliphatic heterocycles. The first kappa shape index (κ1) is 18.5. The van der Waals surface area contributed by atoms with Gasteiger partial charge in [-0.3, -0.25) is 19.6 Å². The number of carbonyl (C=O) groups excluding carboxylic acids is 1. The van der Waals surface area contributed by atoms with Crippen LogP contribution in [-0.2, 0) is 13.1 Å². The summed E-state index contributed by atoms with van der Waals surface area (Å²) >= 11 is 0. The van der Waals surface area contributed by atoms with Gasteiger partial charge in [0.2, 0.25) is 5.89 Å². The minimum absolute atomic E-state index is 0.0796. The minimum atomic E-state index is -0.0796. The normalized spacial score (nSPS) is 15.9. The Morgan fingerprint density at radius 2 is 1.81 bits per heavy atom. The molecule has 26 heavy (non-hydrogen) atoms. The number of rotatable bonds is 7. The van der Waals surface area contributed by atoms with Crippen molar-refractivity contribution in [1.29, 1.82) is 0 Å². The lowest BCUT2D eigenvalue weighted by molar-refractivity contribution is 0.0789. The van der Waals surface area contributed by atoms with Crippen LogP contribution in [-0.4, -0.2) is 70.3 Å². The molecule has 0 atom stereocenters. The van der Waals surface area contributed by atoms with E-state index < -0.39 is 0 Å². The smallest absolute Gasteiger partial charge is 0.275 e. The molecule has 1 saturated heterocycles. The van der Waals surface area contributed by atoms with Crippen LogP contribution in [0.4, 0.5) is 0 Å². The lowest BCUT2D eigenvalue weighted by Crippen LogP contribution is -2.45. The van der Waals surface area contributed by atoms with Crippen LogP contribution < -0.4 is 0 Å². The summed E-state index contributed by atoms with van der Waals surface area (Å²) in [7, 11) is 1.79. The standard InChI is InChI=1S/C19H27N5O2/c1-3-8-22(2)19(25)17-15-26-18(21-17)14-24-11-9-23(10-12-24)13-16-4-6-20-7-5-16/h4-7,15H,3,8-14H2,1-2H3. The van der Waals surface area contributed by atoms with Crippen LogP contribution in [0.5, 0.6) is 0 Å². The molecule has 2 aromatic rings. The fraction of sp³-hybridized carbons (Fsp3) is 0.526. The van der Waals surface area contributed by atoms with Crippen molar-refractivity contribution in [3.05, 3.63) is 47.9 Å². The maximum Gasteiger partial charge on any atom is 0.275 e. The van der Waals surface area contributed by atoms with E-state index in [1.165, 1.54) is 11.8 Å². The van der Waals surface area contributed by atoms with Gasteiger partial charge in [0.1, 0.15) is 6.26 Å². The molecule has 1 amide bonds. The van der Waals surface area contributed by atoms with Crippen molar-refractivity contribution in [1.82, 2.24) is 24.7 Å². The molecule has 1 aliphatic rings. The lowest BCUT2D eigenvalue weighted by atomic mass is 10.2. The van der Waals surface area contributed by atoms with Crippen LogP contribution in [0.1, 0.15) is 35.3 Å². The van der Waals surface area contributed by atoms with Gasteiger partial charge in [0, 0.05) is 58.7 Å². The first-order valence-electron chi connectivity index (χ1n) is 9.19. The van der Waals surface area contributed by atoms with Crippen molar-refractivity contribution >= 4 is 5.91 Å². The van der Waals surface area contributed by atoms with E-state index in [9.17, 15) is 4.79 Å². The molecule has 0 N–H and O–H groups in total. The van der Waals surface area contributed by atoms with Gasteiger partial charge in [0.25, 0.3) is 5.91 Å². The van der Waals surface area contributed by atoms with E-state index in [2.05, 4.69) is 31.9 Å². The van der Waals surface area contributed by atoms with Gasteiger partial charge in [-0.25, -0.2) is 4.98 Å². The molecule has 0 radical (unpaired) electrons. The summed E-state index contributed by atoms with van der Waals surface area (Å²) in [5, 5.41) is 0. The van der Waals surface area contributed by atoms with Gasteiger partial charge in [0.05, 0.1) is 6.54 Å². The van der Waals surface area contributed by atoms with Gasteiger partial charge >= 0.3 is 0 Å². The maximum absolute atomic E-state index is 12.2. The molecule has 0 saturated carbocycles. The van der Waals surface area contributed by atoms with E-state index in [1.807, 2.05) is 19.3 Å². The van der Waals surface area contributed by atoms with Crippen LogP contribution in [0.25, 0.3) is 0 Å². The van der Waals surface area contributed by atoms with Crippen LogP contribution in [0, 0.1) is 0 Å². The second-order valence-corrected chi connectivity index (χ2v) is 6.76. The molecule has 7 heteroatoms. The minimum Gasteiger partial charge on any atom is -0.447 e. The van der Waals surface area contributed by atoms with Gasteiger partial charge in [-0.2, -0.15) is 0 Å². The number of nitrogens with zero attached hydrogens (tertiary/aromatic N) is 5. The van der Waals surface area contributed by atoms with E-state index >= 15 is 0 Å². The van der Waals surface area contributed by atoms with Gasteiger partial charge < -0.3 is 9.32 Å². The number of pyridine rings is 1. The molecule has 0 aliphatic carbocycles. The second kappa shape index (κ2) is 8.91. The highest BCUT2D eigenvalue weighted by atomic mass is 16.3. The SMILES string of the molecule is CCCN(C)C(=O)c1coc(CN2CCN(Cc3ccncc3)CC2)n1. The van der Waals surface area contributed by atoms with E-state index in [0.29, 0.717) is 18.1 Å². The number of amides is 1. The van der Waals surface area contributed by atoms with Gasteiger partial charge in [0.15, 0.2) is 5.69 Å². The second-order valence-electron chi connectivity index (χ2n) is 6.76. The number of hydrogen-bond donors (Lipinski definition) is 0. The Morgan fingerprint density at radius 1 is 1.15 bits per heavy atom. The zero-order chi connectivity index (χ0) is 18.4. The Kier molecular flexibility index (Phi) is 6.35. The third-order valence-electron chi connectivity index (χ3n) is 4.66. The number of carbonyl (C=O) groups is 1. The van der Waals surface area contributed by atoms with Crippen LogP contribution >= 0.6 is 0 Å². The molecule has 140 valence electrons. The summed E-state index contributed by atoms with van der Waals surface area (Å²) in [5.41, 5.74) is 1.69. The quantitative estimate of drug-likeness (QED) is 0.754. The fourth-order valence-corrected chi connectivity index (χ4v) is 3.16. The Bertz CT molecular complexity index is 695. The summed E-state index contributed by atoms with van der Waals surface area (Å²) in [6, 6.07) is 4.13. The zero-order valence-corrected chi connectivity index (χ0v) is 15.6. The van der Waals surface area contributed by atoms with Crippen molar-refractivity contribution in [3.8, 4) is 0 Å². The Morgan fingerprint density at radius 3 is 2.46 bits per heavy atom. The molecule has 0 unspecified atom stereocenters. The predicted molar refractivity (Wildman–Crippen MR) is 98.5 cm³/mol. The highest BCUT2D eigenvalue weighted by molar-refractivity contribution is 5.91. The summed E-state index contributed by atoms with van der Waals surface area (Å²) in [6.45, 7) is 8.32. The third kappa shape index (κ3) is 4.89. The Labute approximate surface area is 154 Å². The average Bonchev–Trinajstić information content (AvgIpc) is 3.12. The van der Waals surface area contributed by atoms with Crippen molar-refractivity contribution in [2.24, 2.45) is 0 Å². The molecule has 0 bridgehead atoms. The molecule has 2 aromatic heterocycles. The van der Waals surface area contributed by atoms with Crippen LogP contribution in [0.3, 0.4) is 0 Å². The van der Waals surface area contributed by atoms with Gasteiger partial charge in [-0.05, 0) is 24.1 Å². The molecule has 7 nitrogen and oxygen atoms in total. The monoisotopic (exact) mass is 357 g/mol. The average molecular weight is 357 g/mol. The molecule has 3 rings (SSSR count). The van der Waals surface area contributed by atoms with Gasteiger partial charge in [-0.15, -0.1) is 0 Å². The van der Waals surface area contributed by atoms with Crippen molar-refractivity contribution < 1.29 is 9.21 Å². The fourth-order valence-electron chi connectivity index (χ4n) is 3.16. The summed E-state index contributed by atoms with van der Waals surface area (Å²) < 4.78 is 5.52. The number of aromatic nitrogens is 2. The van der Waals surface area contributed by atoms with E-state index in [1.54, 1.807) is 11.9 Å². The molecular weight excluding hydrogens is 330 g/mol. The first-order valence-corrected chi connectivity index (χ1v) is 9.19. The molecule has 0 aromatic carbocycles. The molecule has 0 spiro atoms. The van der Waals surface area contributed by atoms with E-state index in [0.717, 1.165) is 45.7 Å². The Hall–Kier alpha value is -2.25. The van der Waals surface area contributed by atoms with E-state index in [-0.39, 0.29) is 5.91 Å². The summed E-state index contributed by atoms with van der Waals surface area (Å²) in [6.07, 6.45) is 6.08. The summed E-state index contributed by atoms with van der Waals surface area (Å²) in [4.78, 5) is 27.1. The number of piperazine rings is 1. The zero-order valence-electron chi connectivity index (χ0n) is 15.6. The van der Waals surface area contributed by atoms with Crippen LogP contribution in [0.2, 0.25) is 0 Å². The van der Waals surface area contributed by atoms with Crippen LogP contribution in [0.15, 0.2) is 35.2 Å². The highest BCUT2D eigenvalue weighted by Crippen LogP contribution is 2.12. The first-order chi connectivity index (χ1) is 12.7. The highest BCUT2D eigenvalue weighted by Gasteiger charge is 2.21. The lowest BCUT2D eigenvalue weighted by Gasteiger charge is -2.33. The number of hydrogen-bond acceptors (Lipinski definition) is 6. The third-order valence-corrected chi connectivity index (χ3v) is 4.66. The van der Waals surface area contributed by atoms with Crippen molar-refractivity contribution in [2.75, 3.05) is 39.8 Å². The topological polar surface area (TPSA) is 65.7 Å². The molecular formula is C19H27N5O2. The van der Waals surface area contributed by atoms with Gasteiger partial charge in [-0.1, -0.05) is 6.92 Å². The largest absolute Gasteiger partial charge is 0.447 e. The molecule has 1 fully saturated rings. The maximum atomic E-state index is 12.2. The molecule has 3 heterocycles.